The zero-order valence-electron chi connectivity index (χ0n) is 6.28. The number of hydrogen-bond acceptors (Lipinski definition) is 2. The van der Waals surface area contributed by atoms with Gasteiger partial charge in [-0.25, -0.2) is 4.68 Å². The van der Waals surface area contributed by atoms with Crippen LogP contribution in [0.4, 0.5) is 5.69 Å². The van der Waals surface area contributed by atoms with Gasteiger partial charge < -0.3 is 16.0 Å². The Labute approximate surface area is 64.0 Å². The Morgan fingerprint density at radius 2 is 2.18 bits per heavy atom. The lowest BCUT2D eigenvalue weighted by Crippen LogP contribution is -2.10. The third-order valence-electron chi connectivity index (χ3n) is 1.85. The SMILES string of the molecule is Cc1cn2ccc(N)c2n1N. The highest BCUT2D eigenvalue weighted by molar-refractivity contribution is 5.67. The summed E-state index contributed by atoms with van der Waals surface area (Å²) in [7, 11) is 0. The fourth-order valence-electron chi connectivity index (χ4n) is 1.25. The molecule has 0 spiro atoms. The van der Waals surface area contributed by atoms with Crippen LogP contribution in [0.5, 0.6) is 0 Å². The first kappa shape index (κ1) is 6.15. The van der Waals surface area contributed by atoms with Gasteiger partial charge in [0.1, 0.15) is 0 Å². The Balaban J connectivity index is 2.95. The van der Waals surface area contributed by atoms with Gasteiger partial charge in [-0.15, -0.1) is 0 Å². The fraction of sp³-hybridized carbons (Fsp3) is 0.143. The van der Waals surface area contributed by atoms with Crippen molar-refractivity contribution >= 4 is 11.3 Å². The lowest BCUT2D eigenvalue weighted by atomic mass is 10.5. The second-order valence-corrected chi connectivity index (χ2v) is 2.64. The van der Waals surface area contributed by atoms with E-state index in [-0.39, 0.29) is 0 Å². The van der Waals surface area contributed by atoms with E-state index in [2.05, 4.69) is 0 Å². The predicted octanol–water partition coefficient (Wildman–Crippen LogP) is 0.345. The quantitative estimate of drug-likeness (QED) is 0.532. The molecule has 0 aliphatic heterocycles. The van der Waals surface area contributed by atoms with E-state index in [4.69, 9.17) is 11.6 Å². The number of nitrogens with zero attached hydrogens (tertiary/aromatic N) is 2. The largest absolute Gasteiger partial charge is 0.396 e. The average molecular weight is 150 g/mol. The molecule has 4 nitrogen and oxygen atoms in total. The molecule has 0 aliphatic rings. The summed E-state index contributed by atoms with van der Waals surface area (Å²) in [5, 5.41) is 0. The normalized spacial score (nSPS) is 11.0. The standard InChI is InChI=1S/C7H10N4/c1-5-4-10-3-2-6(8)7(10)11(5)9/h2-4H,8-9H2,1H3. The van der Waals surface area contributed by atoms with Crippen molar-refractivity contribution in [1.82, 2.24) is 9.08 Å². The van der Waals surface area contributed by atoms with Crippen LogP contribution in [0.15, 0.2) is 18.5 Å². The number of anilines is 1. The first-order valence-corrected chi connectivity index (χ1v) is 3.39. The van der Waals surface area contributed by atoms with E-state index in [1.807, 2.05) is 29.8 Å². The molecule has 2 heterocycles. The van der Waals surface area contributed by atoms with Gasteiger partial charge in [0.05, 0.1) is 11.4 Å². The van der Waals surface area contributed by atoms with Crippen LogP contribution in [-0.2, 0) is 0 Å². The first-order valence-electron chi connectivity index (χ1n) is 3.39. The van der Waals surface area contributed by atoms with Gasteiger partial charge in [0.25, 0.3) is 0 Å². The maximum absolute atomic E-state index is 5.70. The van der Waals surface area contributed by atoms with Crippen molar-refractivity contribution in [3.05, 3.63) is 24.2 Å². The molecule has 0 fully saturated rings. The second-order valence-electron chi connectivity index (χ2n) is 2.64. The molecule has 0 saturated heterocycles. The lowest BCUT2D eigenvalue weighted by molar-refractivity contribution is 0.997. The first-order chi connectivity index (χ1) is 5.20. The molecule has 0 radical (unpaired) electrons. The number of nitrogen functional groups attached to an aromatic ring is 2. The molecule has 4 N–H and O–H groups in total. The molecule has 0 unspecified atom stereocenters. The molecule has 0 atom stereocenters. The molecule has 11 heavy (non-hydrogen) atoms. The highest BCUT2D eigenvalue weighted by Crippen LogP contribution is 2.15. The van der Waals surface area contributed by atoms with Crippen molar-refractivity contribution in [3.8, 4) is 0 Å². The summed E-state index contributed by atoms with van der Waals surface area (Å²) in [5.41, 5.74) is 8.22. The van der Waals surface area contributed by atoms with Crippen molar-refractivity contribution < 1.29 is 0 Å². The van der Waals surface area contributed by atoms with Gasteiger partial charge in [0.2, 0.25) is 0 Å². The maximum atomic E-state index is 5.70. The molecule has 0 aliphatic carbocycles. The van der Waals surface area contributed by atoms with E-state index in [9.17, 15) is 0 Å². The van der Waals surface area contributed by atoms with Crippen LogP contribution < -0.4 is 11.6 Å². The van der Waals surface area contributed by atoms with Gasteiger partial charge in [0, 0.05) is 12.4 Å². The summed E-state index contributed by atoms with van der Waals surface area (Å²) in [6.45, 7) is 1.94. The fourth-order valence-corrected chi connectivity index (χ4v) is 1.25. The van der Waals surface area contributed by atoms with E-state index in [1.165, 1.54) is 0 Å². The number of aryl methyl sites for hydroxylation is 1. The van der Waals surface area contributed by atoms with Crippen molar-refractivity contribution in [1.29, 1.82) is 0 Å². The molecule has 58 valence electrons. The highest BCUT2D eigenvalue weighted by atomic mass is 15.3. The molecule has 2 rings (SSSR count). The number of rotatable bonds is 0. The summed E-state index contributed by atoms with van der Waals surface area (Å²) in [6, 6.07) is 1.83. The van der Waals surface area contributed by atoms with Crippen LogP contribution in [0.25, 0.3) is 5.65 Å². The van der Waals surface area contributed by atoms with E-state index in [0.717, 1.165) is 11.3 Å². The molecule has 0 saturated carbocycles. The van der Waals surface area contributed by atoms with Crippen molar-refractivity contribution in [2.24, 2.45) is 0 Å². The maximum Gasteiger partial charge on any atom is 0.159 e. The minimum absolute atomic E-state index is 0.709. The summed E-state index contributed by atoms with van der Waals surface area (Å²) < 4.78 is 3.49. The highest BCUT2D eigenvalue weighted by Gasteiger charge is 2.04. The number of fused-ring (bicyclic) bond motifs is 1. The Bertz CT molecular complexity index is 396. The molecular weight excluding hydrogens is 140 g/mol. The third-order valence-corrected chi connectivity index (χ3v) is 1.85. The molecule has 0 bridgehead atoms. The smallest absolute Gasteiger partial charge is 0.159 e. The predicted molar refractivity (Wildman–Crippen MR) is 44.7 cm³/mol. The van der Waals surface area contributed by atoms with Crippen LogP contribution in [0.1, 0.15) is 5.69 Å². The summed E-state index contributed by atoms with van der Waals surface area (Å²) in [6.07, 6.45) is 3.83. The number of nitrogens with two attached hydrogens (primary N) is 2. The summed E-state index contributed by atoms with van der Waals surface area (Å²) in [5.74, 6) is 5.70. The lowest BCUT2D eigenvalue weighted by Gasteiger charge is -1.95. The Morgan fingerprint density at radius 1 is 1.45 bits per heavy atom. The van der Waals surface area contributed by atoms with Crippen molar-refractivity contribution in [3.63, 3.8) is 0 Å². The van der Waals surface area contributed by atoms with Crippen LogP contribution in [-0.4, -0.2) is 9.08 Å². The monoisotopic (exact) mass is 150 g/mol. The number of imidazole rings is 1. The summed E-state index contributed by atoms with van der Waals surface area (Å²) >= 11 is 0. The number of aromatic nitrogens is 2. The van der Waals surface area contributed by atoms with E-state index in [0.29, 0.717) is 5.69 Å². The molecule has 4 heteroatoms. The van der Waals surface area contributed by atoms with Crippen LogP contribution in [0.2, 0.25) is 0 Å². The Morgan fingerprint density at radius 3 is 2.82 bits per heavy atom. The van der Waals surface area contributed by atoms with Crippen LogP contribution in [0, 0.1) is 6.92 Å². The molecule has 2 aromatic heterocycles. The number of hydrogen-bond donors (Lipinski definition) is 2. The topological polar surface area (TPSA) is 61.4 Å². The van der Waals surface area contributed by atoms with Gasteiger partial charge in [-0.05, 0) is 13.0 Å². The molecular formula is C7H10N4. The molecule has 0 aromatic carbocycles. The van der Waals surface area contributed by atoms with Crippen LogP contribution >= 0.6 is 0 Å². The molecule has 0 amide bonds. The average Bonchev–Trinajstić information content (AvgIpc) is 2.41. The van der Waals surface area contributed by atoms with E-state index >= 15 is 0 Å². The van der Waals surface area contributed by atoms with Gasteiger partial charge >= 0.3 is 0 Å². The van der Waals surface area contributed by atoms with Gasteiger partial charge in [-0.1, -0.05) is 0 Å². The van der Waals surface area contributed by atoms with Crippen molar-refractivity contribution in [2.45, 2.75) is 6.92 Å². The van der Waals surface area contributed by atoms with Crippen LogP contribution in [0.3, 0.4) is 0 Å². The summed E-state index contributed by atoms with van der Waals surface area (Å²) in [4.78, 5) is 0. The zero-order chi connectivity index (χ0) is 8.01. The van der Waals surface area contributed by atoms with Crippen molar-refractivity contribution in [2.75, 3.05) is 11.6 Å². The minimum Gasteiger partial charge on any atom is -0.396 e. The zero-order valence-corrected chi connectivity index (χ0v) is 6.28. The minimum atomic E-state index is 0.709. The Kier molecular flexibility index (Phi) is 0.961. The Hall–Kier alpha value is -1.58. The van der Waals surface area contributed by atoms with E-state index < -0.39 is 0 Å². The molecule has 2 aromatic rings. The van der Waals surface area contributed by atoms with E-state index in [1.54, 1.807) is 4.68 Å². The van der Waals surface area contributed by atoms with Gasteiger partial charge in [-0.2, -0.15) is 0 Å². The second kappa shape index (κ2) is 1.72. The van der Waals surface area contributed by atoms with Gasteiger partial charge in [0.15, 0.2) is 5.65 Å². The third kappa shape index (κ3) is 0.633. The van der Waals surface area contributed by atoms with Gasteiger partial charge in [-0.3, -0.25) is 0 Å².